The van der Waals surface area contributed by atoms with E-state index in [4.69, 9.17) is 5.73 Å². The average Bonchev–Trinajstić information content (AvgIpc) is 2.76. The first-order valence-corrected chi connectivity index (χ1v) is 6.91. The van der Waals surface area contributed by atoms with Gasteiger partial charge in [0.1, 0.15) is 0 Å². The molecular formula is C13H23ClN2OS. The number of hydrogen-bond acceptors (Lipinski definition) is 3. The van der Waals surface area contributed by atoms with Crippen molar-refractivity contribution in [2.75, 3.05) is 6.54 Å². The Bertz CT molecular complexity index is 392. The van der Waals surface area contributed by atoms with Crippen molar-refractivity contribution in [2.24, 2.45) is 11.7 Å². The van der Waals surface area contributed by atoms with Crippen LogP contribution in [-0.2, 0) is 6.42 Å². The van der Waals surface area contributed by atoms with Crippen LogP contribution in [0.1, 0.15) is 42.9 Å². The summed E-state index contributed by atoms with van der Waals surface area (Å²) in [5.74, 6) is 0.306. The summed E-state index contributed by atoms with van der Waals surface area (Å²) in [5, 5.41) is 5.03. The third kappa shape index (κ3) is 3.70. The second-order valence-electron chi connectivity index (χ2n) is 4.86. The number of amides is 1. The van der Waals surface area contributed by atoms with Gasteiger partial charge in [-0.1, -0.05) is 20.8 Å². The maximum absolute atomic E-state index is 12.2. The smallest absolute Gasteiger partial charge is 0.262 e. The first kappa shape index (κ1) is 17.4. The van der Waals surface area contributed by atoms with E-state index in [9.17, 15) is 4.79 Å². The van der Waals surface area contributed by atoms with Gasteiger partial charge in [-0.15, -0.1) is 23.7 Å². The van der Waals surface area contributed by atoms with Crippen LogP contribution in [0.25, 0.3) is 0 Å². The van der Waals surface area contributed by atoms with Gasteiger partial charge >= 0.3 is 0 Å². The molecule has 1 aromatic heterocycles. The summed E-state index contributed by atoms with van der Waals surface area (Å²) < 4.78 is 0. The van der Waals surface area contributed by atoms with Gasteiger partial charge in [-0.2, -0.15) is 0 Å². The normalized spacial score (nSPS) is 13.9. The van der Waals surface area contributed by atoms with Gasteiger partial charge in [0.05, 0.1) is 10.4 Å². The number of thiophene rings is 1. The highest BCUT2D eigenvalue weighted by Crippen LogP contribution is 2.20. The zero-order valence-corrected chi connectivity index (χ0v) is 13.1. The number of rotatable bonds is 5. The Morgan fingerprint density at radius 2 is 2.17 bits per heavy atom. The van der Waals surface area contributed by atoms with Crippen LogP contribution in [-0.4, -0.2) is 18.0 Å². The molecule has 0 bridgehead atoms. The predicted molar refractivity (Wildman–Crippen MR) is 80.7 cm³/mol. The van der Waals surface area contributed by atoms with Crippen molar-refractivity contribution in [2.45, 2.75) is 39.7 Å². The van der Waals surface area contributed by atoms with E-state index < -0.39 is 0 Å². The van der Waals surface area contributed by atoms with Crippen molar-refractivity contribution >= 4 is 29.7 Å². The van der Waals surface area contributed by atoms with Crippen molar-refractivity contribution in [3.8, 4) is 0 Å². The zero-order chi connectivity index (χ0) is 13.1. The maximum Gasteiger partial charge on any atom is 0.262 e. The van der Waals surface area contributed by atoms with E-state index in [2.05, 4.69) is 26.1 Å². The fraction of sp³-hybridized carbons (Fsp3) is 0.615. The van der Waals surface area contributed by atoms with E-state index >= 15 is 0 Å². The molecule has 0 aromatic carbocycles. The molecule has 0 spiro atoms. The van der Waals surface area contributed by atoms with Gasteiger partial charge in [0.15, 0.2) is 0 Å². The first-order chi connectivity index (χ1) is 7.94. The van der Waals surface area contributed by atoms with Gasteiger partial charge in [0.25, 0.3) is 5.91 Å². The molecule has 1 unspecified atom stereocenters. The molecule has 5 heteroatoms. The molecule has 1 aromatic rings. The number of hydrogen-bond donors (Lipinski definition) is 2. The minimum Gasteiger partial charge on any atom is -0.345 e. The topological polar surface area (TPSA) is 55.1 Å². The van der Waals surface area contributed by atoms with Crippen LogP contribution in [0.15, 0.2) is 11.4 Å². The molecule has 1 atom stereocenters. The molecule has 18 heavy (non-hydrogen) atoms. The molecule has 0 aliphatic heterocycles. The largest absolute Gasteiger partial charge is 0.345 e. The lowest BCUT2D eigenvalue weighted by Crippen LogP contribution is -2.55. The van der Waals surface area contributed by atoms with Gasteiger partial charge in [0.2, 0.25) is 0 Å². The monoisotopic (exact) mass is 290 g/mol. The molecule has 1 heterocycles. The highest BCUT2D eigenvalue weighted by molar-refractivity contribution is 7.12. The number of nitrogens with one attached hydrogen (secondary N) is 1. The maximum atomic E-state index is 12.2. The lowest BCUT2D eigenvalue weighted by molar-refractivity contribution is 0.0886. The summed E-state index contributed by atoms with van der Waals surface area (Å²) >= 11 is 1.49. The van der Waals surface area contributed by atoms with Crippen LogP contribution in [0.3, 0.4) is 0 Å². The van der Waals surface area contributed by atoms with Crippen LogP contribution in [0.4, 0.5) is 0 Å². The van der Waals surface area contributed by atoms with Crippen LogP contribution >= 0.6 is 23.7 Å². The molecule has 0 saturated carbocycles. The Hall–Kier alpha value is -0.580. The third-order valence-electron chi connectivity index (χ3n) is 3.43. The quantitative estimate of drug-likeness (QED) is 0.876. The van der Waals surface area contributed by atoms with Gasteiger partial charge in [-0.05, 0) is 36.3 Å². The van der Waals surface area contributed by atoms with Gasteiger partial charge in [-0.3, -0.25) is 4.79 Å². The molecule has 0 fully saturated rings. The van der Waals surface area contributed by atoms with E-state index in [1.54, 1.807) is 0 Å². The van der Waals surface area contributed by atoms with E-state index in [-0.39, 0.29) is 23.9 Å². The Kier molecular flexibility index (Phi) is 6.89. The number of halogens is 1. The molecule has 0 aliphatic rings. The lowest BCUT2D eigenvalue weighted by Gasteiger charge is -2.33. The number of carbonyl (C=O) groups excluding carboxylic acids is 1. The predicted octanol–water partition coefficient (Wildman–Crippen LogP) is 2.84. The molecular weight excluding hydrogens is 268 g/mol. The first-order valence-electron chi connectivity index (χ1n) is 6.03. The van der Waals surface area contributed by atoms with E-state index in [0.29, 0.717) is 12.5 Å². The van der Waals surface area contributed by atoms with Crippen molar-refractivity contribution in [1.82, 2.24) is 5.32 Å². The summed E-state index contributed by atoms with van der Waals surface area (Å²) in [5.41, 5.74) is 6.53. The fourth-order valence-corrected chi connectivity index (χ4v) is 2.45. The summed E-state index contributed by atoms with van der Waals surface area (Å²) in [7, 11) is 0. The zero-order valence-electron chi connectivity index (χ0n) is 11.4. The second kappa shape index (κ2) is 7.12. The number of carbonyl (C=O) groups is 1. The number of nitrogens with two attached hydrogens (primary N) is 1. The standard InChI is InChI=1S/C13H22N2OS.ClH/c1-5-10-6-7-17-11(10)12(16)15-13(4,8-14)9(2)3;/h6-7,9H,5,8,14H2,1-4H3,(H,15,16);1H. The molecule has 1 amide bonds. The van der Waals surface area contributed by atoms with E-state index in [0.717, 1.165) is 16.9 Å². The SMILES string of the molecule is CCc1ccsc1C(=O)NC(C)(CN)C(C)C.Cl. The Morgan fingerprint density at radius 3 is 2.61 bits per heavy atom. The van der Waals surface area contributed by atoms with Gasteiger partial charge in [0, 0.05) is 6.54 Å². The summed E-state index contributed by atoms with van der Waals surface area (Å²) in [6.07, 6.45) is 0.882. The third-order valence-corrected chi connectivity index (χ3v) is 4.39. The fourth-order valence-electron chi connectivity index (χ4n) is 1.56. The minimum atomic E-state index is -0.341. The summed E-state index contributed by atoms with van der Waals surface area (Å²) in [6, 6.07) is 2.01. The van der Waals surface area contributed by atoms with E-state index in [1.807, 2.05) is 18.4 Å². The van der Waals surface area contributed by atoms with Crippen molar-refractivity contribution in [3.05, 3.63) is 21.9 Å². The highest BCUT2D eigenvalue weighted by Gasteiger charge is 2.29. The summed E-state index contributed by atoms with van der Waals surface area (Å²) in [6.45, 7) is 8.64. The van der Waals surface area contributed by atoms with Crippen LogP contribution in [0.5, 0.6) is 0 Å². The molecule has 0 aliphatic carbocycles. The number of aryl methyl sites for hydroxylation is 1. The lowest BCUT2D eigenvalue weighted by atomic mass is 9.88. The van der Waals surface area contributed by atoms with Crippen LogP contribution in [0, 0.1) is 5.92 Å². The molecule has 0 saturated heterocycles. The molecule has 3 N–H and O–H groups in total. The molecule has 1 rings (SSSR count). The summed E-state index contributed by atoms with van der Waals surface area (Å²) in [4.78, 5) is 13.0. The Morgan fingerprint density at radius 1 is 1.56 bits per heavy atom. The molecule has 104 valence electrons. The minimum absolute atomic E-state index is 0. The van der Waals surface area contributed by atoms with E-state index in [1.165, 1.54) is 11.3 Å². The highest BCUT2D eigenvalue weighted by atomic mass is 35.5. The average molecular weight is 291 g/mol. The van der Waals surface area contributed by atoms with Gasteiger partial charge in [-0.25, -0.2) is 0 Å². The van der Waals surface area contributed by atoms with Crippen molar-refractivity contribution < 1.29 is 4.79 Å². The molecule has 3 nitrogen and oxygen atoms in total. The Labute approximate surface area is 120 Å². The second-order valence-corrected chi connectivity index (χ2v) is 5.78. The Balaban J connectivity index is 0.00000289. The molecule has 0 radical (unpaired) electrons. The van der Waals surface area contributed by atoms with Crippen LogP contribution in [0.2, 0.25) is 0 Å². The van der Waals surface area contributed by atoms with Crippen LogP contribution < -0.4 is 11.1 Å². The van der Waals surface area contributed by atoms with Crippen molar-refractivity contribution in [3.63, 3.8) is 0 Å². The van der Waals surface area contributed by atoms with Crippen molar-refractivity contribution in [1.29, 1.82) is 0 Å². The van der Waals surface area contributed by atoms with Gasteiger partial charge < -0.3 is 11.1 Å².